The molecule has 0 radical (unpaired) electrons. The van der Waals surface area contributed by atoms with Crippen molar-refractivity contribution in [1.82, 2.24) is 10.9 Å². The largest absolute Gasteiger partial charge is 0.492 e. The van der Waals surface area contributed by atoms with Gasteiger partial charge in [0.1, 0.15) is 11.5 Å². The van der Waals surface area contributed by atoms with E-state index in [0.717, 1.165) is 0 Å². The van der Waals surface area contributed by atoms with Gasteiger partial charge in [-0.2, -0.15) is 0 Å². The minimum atomic E-state index is -0.929. The van der Waals surface area contributed by atoms with Gasteiger partial charge in [0.15, 0.2) is 6.10 Å². The SMILES string of the molecule is CC(Oc1ccc([N+](=O)[O-])cc1)C(=O)NNC(=O)CCCOc1ccc(Cl)cc1Cl. The third-order valence-electron chi connectivity index (χ3n) is 3.75. The molecular formula is C19H19Cl2N3O6. The number of carbonyl (C=O) groups excluding carboxylic acids is 2. The number of hydrogen-bond acceptors (Lipinski definition) is 6. The Bertz CT molecular complexity index is 908. The number of amides is 2. The first-order valence-electron chi connectivity index (χ1n) is 8.84. The van der Waals surface area contributed by atoms with E-state index in [0.29, 0.717) is 22.2 Å². The van der Waals surface area contributed by atoms with E-state index in [1.54, 1.807) is 18.2 Å². The summed E-state index contributed by atoms with van der Waals surface area (Å²) in [5.74, 6) is -0.234. The normalized spacial score (nSPS) is 11.3. The number of nitrogens with one attached hydrogen (secondary N) is 2. The first-order chi connectivity index (χ1) is 14.3. The summed E-state index contributed by atoms with van der Waals surface area (Å²) in [7, 11) is 0. The van der Waals surface area contributed by atoms with Gasteiger partial charge in [0, 0.05) is 23.6 Å². The lowest BCUT2D eigenvalue weighted by molar-refractivity contribution is -0.384. The topological polar surface area (TPSA) is 120 Å². The summed E-state index contributed by atoms with van der Waals surface area (Å²) in [6, 6.07) is 10.1. The van der Waals surface area contributed by atoms with Crippen molar-refractivity contribution in [3.63, 3.8) is 0 Å². The molecule has 1 unspecified atom stereocenters. The molecule has 0 aliphatic heterocycles. The molecule has 0 aliphatic rings. The summed E-state index contributed by atoms with van der Waals surface area (Å²) in [5, 5.41) is 11.5. The van der Waals surface area contributed by atoms with Crippen LogP contribution in [0.25, 0.3) is 0 Å². The third kappa shape index (κ3) is 7.41. The van der Waals surface area contributed by atoms with Crippen LogP contribution in [0, 0.1) is 10.1 Å². The van der Waals surface area contributed by atoms with Gasteiger partial charge in [-0.25, -0.2) is 0 Å². The van der Waals surface area contributed by atoms with Crippen LogP contribution < -0.4 is 20.3 Å². The first kappa shape index (κ1) is 23.2. The molecule has 2 amide bonds. The molecule has 0 bridgehead atoms. The zero-order valence-electron chi connectivity index (χ0n) is 15.9. The van der Waals surface area contributed by atoms with E-state index >= 15 is 0 Å². The molecule has 2 aromatic rings. The number of nitro groups is 1. The van der Waals surface area contributed by atoms with Crippen molar-refractivity contribution in [2.24, 2.45) is 0 Å². The molecule has 0 spiro atoms. The highest BCUT2D eigenvalue weighted by atomic mass is 35.5. The molecule has 2 N–H and O–H groups in total. The number of carbonyl (C=O) groups is 2. The molecule has 0 fully saturated rings. The molecule has 0 aromatic heterocycles. The van der Waals surface area contributed by atoms with Crippen LogP contribution in [-0.2, 0) is 9.59 Å². The molecule has 160 valence electrons. The van der Waals surface area contributed by atoms with Gasteiger partial charge in [0.05, 0.1) is 16.6 Å². The Kier molecular flexibility index (Phi) is 8.70. The Morgan fingerprint density at radius 1 is 1.13 bits per heavy atom. The van der Waals surface area contributed by atoms with Crippen molar-refractivity contribution in [3.8, 4) is 11.5 Å². The summed E-state index contributed by atoms with van der Waals surface area (Å²) >= 11 is 11.8. The molecule has 0 aliphatic carbocycles. The fraction of sp³-hybridized carbons (Fsp3) is 0.263. The lowest BCUT2D eigenvalue weighted by Gasteiger charge is -2.15. The highest BCUT2D eigenvalue weighted by Crippen LogP contribution is 2.27. The Morgan fingerprint density at radius 2 is 1.83 bits per heavy atom. The number of benzene rings is 2. The highest BCUT2D eigenvalue weighted by Gasteiger charge is 2.16. The van der Waals surface area contributed by atoms with Crippen molar-refractivity contribution in [2.45, 2.75) is 25.9 Å². The van der Waals surface area contributed by atoms with Crippen molar-refractivity contribution in [2.75, 3.05) is 6.61 Å². The van der Waals surface area contributed by atoms with E-state index in [9.17, 15) is 19.7 Å². The molecule has 11 heteroatoms. The highest BCUT2D eigenvalue weighted by molar-refractivity contribution is 6.35. The molecule has 2 aromatic carbocycles. The van der Waals surface area contributed by atoms with Gasteiger partial charge >= 0.3 is 0 Å². The van der Waals surface area contributed by atoms with Gasteiger partial charge in [-0.1, -0.05) is 23.2 Å². The molecular weight excluding hydrogens is 437 g/mol. The van der Waals surface area contributed by atoms with Crippen molar-refractivity contribution >= 4 is 40.7 Å². The number of rotatable bonds is 9. The van der Waals surface area contributed by atoms with Crippen LogP contribution in [-0.4, -0.2) is 29.4 Å². The fourth-order valence-electron chi connectivity index (χ4n) is 2.21. The van der Waals surface area contributed by atoms with Gasteiger partial charge in [-0.15, -0.1) is 0 Å². The van der Waals surface area contributed by atoms with Gasteiger partial charge in [0.25, 0.3) is 11.6 Å². The standard InChI is InChI=1S/C19H19Cl2N3O6/c1-12(30-15-7-5-14(6-8-15)24(27)28)19(26)23-22-18(25)3-2-10-29-17-9-4-13(20)11-16(17)21/h4-9,11-12H,2-3,10H2,1H3,(H,22,25)(H,23,26). The van der Waals surface area contributed by atoms with Gasteiger partial charge < -0.3 is 9.47 Å². The number of non-ortho nitro benzene ring substituents is 1. The van der Waals surface area contributed by atoms with E-state index in [4.69, 9.17) is 32.7 Å². The van der Waals surface area contributed by atoms with E-state index < -0.39 is 22.8 Å². The molecule has 1 atom stereocenters. The summed E-state index contributed by atoms with van der Waals surface area (Å²) in [6.07, 6.45) is -0.416. The Hall–Kier alpha value is -3.04. The van der Waals surface area contributed by atoms with Gasteiger partial charge in [-0.05, 0) is 43.7 Å². The lowest BCUT2D eigenvalue weighted by Crippen LogP contribution is -2.47. The quantitative estimate of drug-likeness (QED) is 0.338. The molecule has 30 heavy (non-hydrogen) atoms. The van der Waals surface area contributed by atoms with E-state index in [-0.39, 0.29) is 24.5 Å². The number of halogens is 2. The maximum Gasteiger partial charge on any atom is 0.279 e. The van der Waals surface area contributed by atoms with Crippen molar-refractivity contribution < 1.29 is 24.0 Å². The average molecular weight is 456 g/mol. The number of ether oxygens (including phenoxy) is 2. The maximum absolute atomic E-state index is 12.0. The van der Waals surface area contributed by atoms with Gasteiger partial charge in [-0.3, -0.25) is 30.6 Å². The predicted molar refractivity (Wildman–Crippen MR) is 111 cm³/mol. The van der Waals surface area contributed by atoms with Crippen LogP contribution in [0.15, 0.2) is 42.5 Å². The maximum atomic E-state index is 12.0. The summed E-state index contributed by atoms with van der Waals surface area (Å²) < 4.78 is 10.9. The second-order valence-corrected chi connectivity index (χ2v) is 6.92. The summed E-state index contributed by atoms with van der Waals surface area (Å²) in [4.78, 5) is 33.9. The Labute approximate surface area is 182 Å². The summed E-state index contributed by atoms with van der Waals surface area (Å²) in [6.45, 7) is 1.73. The first-order valence-corrected chi connectivity index (χ1v) is 9.59. The van der Waals surface area contributed by atoms with Crippen LogP contribution in [0.1, 0.15) is 19.8 Å². The second kappa shape index (κ2) is 11.2. The van der Waals surface area contributed by atoms with E-state index in [2.05, 4.69) is 10.9 Å². The van der Waals surface area contributed by atoms with Gasteiger partial charge in [0.2, 0.25) is 5.91 Å². The number of hydrazine groups is 1. The van der Waals surface area contributed by atoms with Crippen LogP contribution in [0.4, 0.5) is 5.69 Å². The third-order valence-corrected chi connectivity index (χ3v) is 4.28. The zero-order chi connectivity index (χ0) is 22.1. The lowest BCUT2D eigenvalue weighted by atomic mass is 10.3. The minimum Gasteiger partial charge on any atom is -0.492 e. The van der Waals surface area contributed by atoms with Crippen molar-refractivity contribution in [1.29, 1.82) is 0 Å². The Balaban J connectivity index is 1.66. The molecule has 2 rings (SSSR count). The zero-order valence-corrected chi connectivity index (χ0v) is 17.4. The molecule has 0 saturated heterocycles. The molecule has 0 saturated carbocycles. The number of nitrogens with zero attached hydrogens (tertiary/aromatic N) is 1. The molecule has 9 nitrogen and oxygen atoms in total. The smallest absolute Gasteiger partial charge is 0.279 e. The number of nitro benzene ring substituents is 1. The fourth-order valence-corrected chi connectivity index (χ4v) is 2.67. The average Bonchev–Trinajstić information content (AvgIpc) is 2.71. The van der Waals surface area contributed by atoms with Crippen molar-refractivity contribution in [3.05, 3.63) is 62.6 Å². The Morgan fingerprint density at radius 3 is 2.47 bits per heavy atom. The molecule has 0 heterocycles. The minimum absolute atomic E-state index is 0.0889. The monoisotopic (exact) mass is 455 g/mol. The second-order valence-electron chi connectivity index (χ2n) is 6.08. The van der Waals surface area contributed by atoms with Crippen LogP contribution >= 0.6 is 23.2 Å². The van der Waals surface area contributed by atoms with E-state index in [1.165, 1.54) is 31.2 Å². The predicted octanol–water partition coefficient (Wildman–Crippen LogP) is 3.68. The van der Waals surface area contributed by atoms with Crippen LogP contribution in [0.5, 0.6) is 11.5 Å². The van der Waals surface area contributed by atoms with Crippen LogP contribution in [0.3, 0.4) is 0 Å². The summed E-state index contributed by atoms with van der Waals surface area (Å²) in [5.41, 5.74) is 4.45. The van der Waals surface area contributed by atoms with E-state index in [1.807, 2.05) is 0 Å². The van der Waals surface area contributed by atoms with Crippen LogP contribution in [0.2, 0.25) is 10.0 Å². The number of hydrogen-bond donors (Lipinski definition) is 2.